The molecular formula is C19H24N4O4S. The first-order valence-corrected chi connectivity index (χ1v) is 10.6. The third-order valence-electron chi connectivity index (χ3n) is 4.00. The number of ether oxygens (including phenoxy) is 2. The van der Waals surface area contributed by atoms with Crippen molar-refractivity contribution in [2.45, 2.75) is 24.8 Å². The van der Waals surface area contributed by atoms with E-state index in [9.17, 15) is 8.42 Å². The van der Waals surface area contributed by atoms with Gasteiger partial charge in [0.2, 0.25) is 10.0 Å². The number of hydrogen-bond donors (Lipinski definition) is 3. The van der Waals surface area contributed by atoms with E-state index in [0.29, 0.717) is 38.0 Å². The zero-order valence-electron chi connectivity index (χ0n) is 15.6. The summed E-state index contributed by atoms with van der Waals surface area (Å²) in [5.41, 5.74) is 1.55. The van der Waals surface area contributed by atoms with Crippen LogP contribution in [0.15, 0.2) is 52.4 Å². The SMILES string of the molecule is CCNC(=NCc1cccc(S(N)(=O)=O)c1)Nc1ccc2c(c1)OCCCO2. The second kappa shape index (κ2) is 8.94. The molecule has 0 radical (unpaired) electrons. The van der Waals surface area contributed by atoms with Gasteiger partial charge in [-0.2, -0.15) is 0 Å². The van der Waals surface area contributed by atoms with Crippen LogP contribution in [0.1, 0.15) is 18.9 Å². The van der Waals surface area contributed by atoms with Crippen LogP contribution in [-0.4, -0.2) is 34.1 Å². The van der Waals surface area contributed by atoms with Crippen LogP contribution in [-0.2, 0) is 16.6 Å². The number of nitrogens with two attached hydrogens (primary N) is 1. The number of guanidine groups is 1. The average molecular weight is 404 g/mol. The van der Waals surface area contributed by atoms with Crippen LogP contribution in [0.3, 0.4) is 0 Å². The molecule has 1 aliphatic heterocycles. The van der Waals surface area contributed by atoms with Gasteiger partial charge in [-0.3, -0.25) is 0 Å². The van der Waals surface area contributed by atoms with E-state index in [0.717, 1.165) is 23.4 Å². The summed E-state index contributed by atoms with van der Waals surface area (Å²) in [4.78, 5) is 4.59. The Balaban J connectivity index is 1.76. The zero-order valence-corrected chi connectivity index (χ0v) is 16.5. The number of anilines is 1. The Hall–Kier alpha value is -2.78. The Labute approximate surface area is 164 Å². The van der Waals surface area contributed by atoms with Crippen molar-refractivity contribution < 1.29 is 17.9 Å². The Morgan fingerprint density at radius 1 is 1.14 bits per heavy atom. The van der Waals surface area contributed by atoms with Crippen molar-refractivity contribution in [1.82, 2.24) is 5.32 Å². The predicted octanol–water partition coefficient (Wildman–Crippen LogP) is 2.07. The summed E-state index contributed by atoms with van der Waals surface area (Å²) in [6, 6.07) is 12.1. The standard InChI is InChI=1S/C19H24N4O4S/c1-2-21-19(22-13-14-5-3-6-16(11-14)28(20,24)25)23-15-7-8-17-18(12-15)27-10-4-9-26-17/h3,5-8,11-12H,2,4,9-10,13H2,1H3,(H2,20,24,25)(H2,21,22,23). The van der Waals surface area contributed by atoms with Crippen molar-refractivity contribution in [2.75, 3.05) is 25.1 Å². The monoisotopic (exact) mass is 404 g/mol. The molecule has 9 heteroatoms. The molecule has 0 fully saturated rings. The maximum absolute atomic E-state index is 11.5. The summed E-state index contributed by atoms with van der Waals surface area (Å²) in [7, 11) is -3.74. The zero-order chi connectivity index (χ0) is 20.0. The van der Waals surface area contributed by atoms with Gasteiger partial charge in [-0.1, -0.05) is 12.1 Å². The Bertz CT molecular complexity index is 960. The van der Waals surface area contributed by atoms with Gasteiger partial charge in [0.25, 0.3) is 0 Å². The number of nitrogens with zero attached hydrogens (tertiary/aromatic N) is 1. The van der Waals surface area contributed by atoms with E-state index in [2.05, 4.69) is 15.6 Å². The molecule has 0 aliphatic carbocycles. The highest BCUT2D eigenvalue weighted by Gasteiger charge is 2.12. The Kier molecular flexibility index (Phi) is 6.37. The molecule has 1 heterocycles. The van der Waals surface area contributed by atoms with Gasteiger partial charge in [-0.25, -0.2) is 18.5 Å². The Morgan fingerprint density at radius 2 is 1.93 bits per heavy atom. The minimum Gasteiger partial charge on any atom is -0.490 e. The molecule has 0 spiro atoms. The topological polar surface area (TPSA) is 115 Å². The molecule has 0 saturated heterocycles. The van der Waals surface area contributed by atoms with E-state index < -0.39 is 10.0 Å². The minimum atomic E-state index is -3.74. The number of primary sulfonamides is 1. The van der Waals surface area contributed by atoms with Crippen LogP contribution in [0, 0.1) is 0 Å². The summed E-state index contributed by atoms with van der Waals surface area (Å²) in [5.74, 6) is 1.99. The number of sulfonamides is 1. The number of hydrogen-bond acceptors (Lipinski definition) is 5. The van der Waals surface area contributed by atoms with Gasteiger partial charge >= 0.3 is 0 Å². The van der Waals surface area contributed by atoms with Crippen molar-refractivity contribution in [3.63, 3.8) is 0 Å². The van der Waals surface area contributed by atoms with Crippen LogP contribution in [0.5, 0.6) is 11.5 Å². The van der Waals surface area contributed by atoms with E-state index in [1.165, 1.54) is 12.1 Å². The molecule has 28 heavy (non-hydrogen) atoms. The van der Waals surface area contributed by atoms with Crippen molar-refractivity contribution in [2.24, 2.45) is 10.1 Å². The van der Waals surface area contributed by atoms with Gasteiger partial charge in [0.1, 0.15) is 0 Å². The van der Waals surface area contributed by atoms with E-state index in [1.54, 1.807) is 12.1 Å². The summed E-state index contributed by atoms with van der Waals surface area (Å²) >= 11 is 0. The van der Waals surface area contributed by atoms with E-state index in [1.807, 2.05) is 25.1 Å². The fraction of sp³-hybridized carbons (Fsp3) is 0.316. The molecule has 0 amide bonds. The molecule has 2 aromatic rings. The highest BCUT2D eigenvalue weighted by molar-refractivity contribution is 7.89. The fourth-order valence-electron chi connectivity index (χ4n) is 2.68. The highest BCUT2D eigenvalue weighted by atomic mass is 32.2. The molecule has 3 rings (SSSR count). The molecule has 0 bridgehead atoms. The van der Waals surface area contributed by atoms with Crippen LogP contribution in [0.2, 0.25) is 0 Å². The number of rotatable bonds is 5. The van der Waals surface area contributed by atoms with Gasteiger partial charge in [0.15, 0.2) is 17.5 Å². The largest absolute Gasteiger partial charge is 0.490 e. The molecule has 0 saturated carbocycles. The number of fused-ring (bicyclic) bond motifs is 1. The maximum atomic E-state index is 11.5. The lowest BCUT2D eigenvalue weighted by molar-refractivity contribution is 0.297. The molecule has 0 atom stereocenters. The first-order chi connectivity index (χ1) is 13.5. The molecule has 0 aromatic heterocycles. The van der Waals surface area contributed by atoms with Crippen molar-refractivity contribution in [3.05, 3.63) is 48.0 Å². The first-order valence-electron chi connectivity index (χ1n) is 9.02. The first kappa shape index (κ1) is 20.0. The summed E-state index contributed by atoms with van der Waals surface area (Å²) in [6.07, 6.45) is 0.846. The summed E-state index contributed by atoms with van der Waals surface area (Å²) in [6.45, 7) is 4.19. The molecule has 8 nitrogen and oxygen atoms in total. The smallest absolute Gasteiger partial charge is 0.238 e. The molecule has 150 valence electrons. The normalized spacial score (nSPS) is 14.3. The lowest BCUT2D eigenvalue weighted by atomic mass is 10.2. The number of nitrogens with one attached hydrogen (secondary N) is 2. The van der Waals surface area contributed by atoms with Crippen molar-refractivity contribution >= 4 is 21.7 Å². The van der Waals surface area contributed by atoms with Crippen molar-refractivity contribution in [3.8, 4) is 11.5 Å². The van der Waals surface area contributed by atoms with Crippen LogP contribution in [0.4, 0.5) is 5.69 Å². The fourth-order valence-corrected chi connectivity index (χ4v) is 3.26. The van der Waals surface area contributed by atoms with Crippen LogP contribution >= 0.6 is 0 Å². The lowest BCUT2D eigenvalue weighted by Gasteiger charge is -2.14. The van der Waals surface area contributed by atoms with Crippen LogP contribution < -0.4 is 25.2 Å². The number of benzene rings is 2. The van der Waals surface area contributed by atoms with Gasteiger partial charge < -0.3 is 20.1 Å². The summed E-state index contributed by atoms with van der Waals surface area (Å²) in [5, 5.41) is 11.6. The van der Waals surface area contributed by atoms with Gasteiger partial charge in [-0.05, 0) is 36.8 Å². The highest BCUT2D eigenvalue weighted by Crippen LogP contribution is 2.32. The third-order valence-corrected chi connectivity index (χ3v) is 4.91. The molecule has 1 aliphatic rings. The second-order valence-corrected chi connectivity index (χ2v) is 7.79. The van der Waals surface area contributed by atoms with Crippen molar-refractivity contribution in [1.29, 1.82) is 0 Å². The Morgan fingerprint density at radius 3 is 2.68 bits per heavy atom. The summed E-state index contributed by atoms with van der Waals surface area (Å²) < 4.78 is 34.4. The van der Waals surface area contributed by atoms with E-state index >= 15 is 0 Å². The lowest BCUT2D eigenvalue weighted by Crippen LogP contribution is -2.30. The molecule has 2 aromatic carbocycles. The van der Waals surface area contributed by atoms with Gasteiger partial charge in [0, 0.05) is 24.7 Å². The third kappa shape index (κ3) is 5.37. The predicted molar refractivity (Wildman–Crippen MR) is 108 cm³/mol. The van der Waals surface area contributed by atoms with Crippen LogP contribution in [0.25, 0.3) is 0 Å². The van der Waals surface area contributed by atoms with Gasteiger partial charge in [0.05, 0.1) is 24.7 Å². The van der Waals surface area contributed by atoms with Gasteiger partial charge in [-0.15, -0.1) is 0 Å². The molecule has 4 N–H and O–H groups in total. The number of aliphatic imine (C=N–C) groups is 1. The molecular weight excluding hydrogens is 380 g/mol. The quantitative estimate of drug-likeness (QED) is 0.519. The van der Waals surface area contributed by atoms with E-state index in [-0.39, 0.29) is 4.90 Å². The maximum Gasteiger partial charge on any atom is 0.238 e. The van der Waals surface area contributed by atoms with E-state index in [4.69, 9.17) is 14.6 Å². The molecule has 0 unspecified atom stereocenters. The average Bonchev–Trinajstić information content (AvgIpc) is 2.91. The minimum absolute atomic E-state index is 0.0704. The second-order valence-electron chi connectivity index (χ2n) is 6.22.